The fourth-order valence-corrected chi connectivity index (χ4v) is 5.86. The first kappa shape index (κ1) is 24.6. The largest absolute Gasteiger partial charge is 0.420 e. The number of esters is 1. The van der Waals surface area contributed by atoms with Crippen molar-refractivity contribution in [3.05, 3.63) is 76.6 Å². The number of hydrogen-bond donors (Lipinski definition) is 0. The number of hydrogen-bond acceptors (Lipinski definition) is 2. The van der Waals surface area contributed by atoms with Crippen molar-refractivity contribution in [3.63, 3.8) is 0 Å². The van der Waals surface area contributed by atoms with Gasteiger partial charge in [-0.2, -0.15) is 4.39 Å². The third-order valence-corrected chi connectivity index (χ3v) is 7.83. The number of aryl methyl sites for hydroxylation is 1. The quantitative estimate of drug-likeness (QED) is 0.241. The Morgan fingerprint density at radius 3 is 2.53 bits per heavy atom. The second-order valence-corrected chi connectivity index (χ2v) is 9.99. The van der Waals surface area contributed by atoms with Crippen LogP contribution in [0, 0.1) is 42.1 Å². The maximum atomic E-state index is 14.9. The van der Waals surface area contributed by atoms with E-state index in [0.29, 0.717) is 5.92 Å². The third-order valence-electron chi connectivity index (χ3n) is 7.83. The second-order valence-electron chi connectivity index (χ2n) is 9.99. The lowest BCUT2D eigenvalue weighted by Gasteiger charge is -2.42. The van der Waals surface area contributed by atoms with E-state index in [4.69, 9.17) is 4.74 Å². The molecule has 34 heavy (non-hydrogen) atoms. The van der Waals surface area contributed by atoms with E-state index in [1.54, 1.807) is 6.07 Å². The van der Waals surface area contributed by atoms with Crippen LogP contribution in [0.15, 0.2) is 42.5 Å². The lowest BCUT2D eigenvalue weighted by atomic mass is 9.63. The highest BCUT2D eigenvalue weighted by Gasteiger charge is 2.36. The molecule has 4 unspecified atom stereocenters. The summed E-state index contributed by atoms with van der Waals surface area (Å²) in [6.45, 7) is 3.48. The van der Waals surface area contributed by atoms with Crippen LogP contribution in [0.2, 0.25) is 0 Å². The van der Waals surface area contributed by atoms with Gasteiger partial charge in [-0.3, -0.25) is 0 Å². The first-order chi connectivity index (χ1) is 16.4. The second kappa shape index (κ2) is 10.8. The van der Waals surface area contributed by atoms with Crippen molar-refractivity contribution in [2.24, 2.45) is 17.8 Å². The molecule has 0 bridgehead atoms. The Hall–Kier alpha value is -2.56. The number of benzene rings is 2. The van der Waals surface area contributed by atoms with Crippen LogP contribution in [0.25, 0.3) is 0 Å². The number of allylic oxidation sites excluding steroid dienone is 2. The van der Waals surface area contributed by atoms with Gasteiger partial charge in [-0.15, -0.1) is 0 Å². The number of halogens is 3. The maximum Gasteiger partial charge on any atom is 0.346 e. The van der Waals surface area contributed by atoms with Crippen molar-refractivity contribution in [2.45, 2.75) is 71.1 Å². The van der Waals surface area contributed by atoms with Gasteiger partial charge in [0.25, 0.3) is 0 Å². The lowest BCUT2D eigenvalue weighted by molar-refractivity contribution is 0.0721. The summed E-state index contributed by atoms with van der Waals surface area (Å²) in [6, 6.07) is 7.08. The van der Waals surface area contributed by atoms with E-state index >= 15 is 0 Å². The molecule has 2 fully saturated rings. The third kappa shape index (κ3) is 5.39. The summed E-state index contributed by atoms with van der Waals surface area (Å²) in [4.78, 5) is 12.4. The van der Waals surface area contributed by atoms with E-state index in [-0.39, 0.29) is 17.0 Å². The monoisotopic (exact) mass is 470 g/mol. The Balaban J connectivity index is 1.38. The first-order valence-electron chi connectivity index (χ1n) is 12.4. The summed E-state index contributed by atoms with van der Waals surface area (Å²) in [7, 11) is 0. The topological polar surface area (TPSA) is 26.3 Å². The smallest absolute Gasteiger partial charge is 0.346 e. The van der Waals surface area contributed by atoms with Crippen LogP contribution < -0.4 is 4.74 Å². The minimum absolute atomic E-state index is 0.102. The first-order valence-corrected chi connectivity index (χ1v) is 12.4. The summed E-state index contributed by atoms with van der Waals surface area (Å²) in [5.74, 6) is -2.05. The zero-order chi connectivity index (χ0) is 24.2. The number of carbonyl (C=O) groups excluding carboxylic acids is 1. The van der Waals surface area contributed by atoms with Gasteiger partial charge in [0.1, 0.15) is 5.82 Å². The molecule has 2 aromatic rings. The molecule has 2 aliphatic rings. The number of ether oxygens (including phenoxy) is 1. The summed E-state index contributed by atoms with van der Waals surface area (Å²) in [5, 5.41) is 0. The van der Waals surface area contributed by atoms with Crippen molar-refractivity contribution in [1.82, 2.24) is 0 Å². The highest BCUT2D eigenvalue weighted by Crippen LogP contribution is 2.48. The van der Waals surface area contributed by atoms with Gasteiger partial charge in [0.15, 0.2) is 11.6 Å². The minimum atomic E-state index is -1.25. The van der Waals surface area contributed by atoms with Crippen molar-refractivity contribution in [3.8, 4) is 5.75 Å². The van der Waals surface area contributed by atoms with Gasteiger partial charge in [0, 0.05) is 0 Å². The normalized spacial score (nSPS) is 24.7. The predicted molar refractivity (Wildman–Crippen MR) is 127 cm³/mol. The SMILES string of the molecule is C/C=C/CCC1CCC2CC(c3ccc(C(=O)Oc4ccc(C)c(F)c4F)c(F)c3)CCC2C1. The van der Waals surface area contributed by atoms with Crippen molar-refractivity contribution < 1.29 is 22.7 Å². The average Bonchev–Trinajstić information content (AvgIpc) is 2.84. The molecule has 0 radical (unpaired) electrons. The molecule has 4 atom stereocenters. The van der Waals surface area contributed by atoms with Crippen LogP contribution in [0.3, 0.4) is 0 Å². The molecular weight excluding hydrogens is 437 g/mol. The Morgan fingerprint density at radius 1 is 1.00 bits per heavy atom. The summed E-state index contributed by atoms with van der Waals surface area (Å²) in [5.41, 5.74) is 0.722. The average molecular weight is 471 g/mol. The van der Waals surface area contributed by atoms with Gasteiger partial charge in [0.05, 0.1) is 5.56 Å². The lowest BCUT2D eigenvalue weighted by Crippen LogP contribution is -2.30. The zero-order valence-electron chi connectivity index (χ0n) is 20.0. The van der Waals surface area contributed by atoms with Crippen molar-refractivity contribution >= 4 is 5.97 Å². The van der Waals surface area contributed by atoms with Gasteiger partial charge in [-0.1, -0.05) is 30.7 Å². The zero-order valence-corrected chi connectivity index (χ0v) is 20.0. The van der Waals surface area contributed by atoms with Crippen molar-refractivity contribution in [2.75, 3.05) is 0 Å². The molecule has 5 heteroatoms. The standard InChI is InChI=1S/C29H33F3O2/c1-3-4-5-6-19-8-9-21-16-22(11-10-20(21)15-19)23-12-13-24(25(30)17-23)29(33)34-26-14-7-18(2)27(31)28(26)32/h3-4,7,12-14,17,19-22H,5-6,8-11,15-16H2,1-2H3/b4-3+. The van der Waals surface area contributed by atoms with Gasteiger partial charge >= 0.3 is 5.97 Å². The summed E-state index contributed by atoms with van der Waals surface area (Å²) < 4.78 is 47.6. The highest BCUT2D eigenvalue weighted by atomic mass is 19.2. The van der Waals surface area contributed by atoms with Crippen LogP contribution in [-0.4, -0.2) is 5.97 Å². The van der Waals surface area contributed by atoms with E-state index in [2.05, 4.69) is 19.1 Å². The molecule has 0 aliphatic heterocycles. The molecule has 2 saturated carbocycles. The Morgan fingerprint density at radius 2 is 1.76 bits per heavy atom. The Bertz CT molecular complexity index is 1060. The van der Waals surface area contributed by atoms with Gasteiger partial charge in [-0.05, 0) is 112 Å². The molecular formula is C29H33F3O2. The molecule has 2 aromatic carbocycles. The van der Waals surface area contributed by atoms with Crippen LogP contribution in [0.5, 0.6) is 5.75 Å². The number of carbonyl (C=O) groups is 1. The van der Waals surface area contributed by atoms with Gasteiger partial charge in [0.2, 0.25) is 5.82 Å². The predicted octanol–water partition coefficient (Wildman–Crippen LogP) is 8.29. The molecule has 0 aromatic heterocycles. The molecule has 182 valence electrons. The number of rotatable bonds is 6. The van der Waals surface area contributed by atoms with Crippen LogP contribution in [0.1, 0.15) is 85.7 Å². The molecule has 0 heterocycles. The van der Waals surface area contributed by atoms with Gasteiger partial charge in [-0.25, -0.2) is 13.6 Å². The van der Waals surface area contributed by atoms with Gasteiger partial charge < -0.3 is 4.74 Å². The Kier molecular flexibility index (Phi) is 7.80. The number of fused-ring (bicyclic) bond motifs is 1. The molecule has 0 spiro atoms. The maximum absolute atomic E-state index is 14.9. The molecule has 0 N–H and O–H groups in total. The van der Waals surface area contributed by atoms with E-state index in [1.165, 1.54) is 69.7 Å². The summed E-state index contributed by atoms with van der Waals surface area (Å²) in [6.07, 6.45) is 13.9. The van der Waals surface area contributed by atoms with E-state index < -0.39 is 29.2 Å². The van der Waals surface area contributed by atoms with E-state index in [0.717, 1.165) is 30.2 Å². The van der Waals surface area contributed by atoms with Crippen molar-refractivity contribution in [1.29, 1.82) is 0 Å². The van der Waals surface area contributed by atoms with Crippen LogP contribution >= 0.6 is 0 Å². The molecule has 2 aliphatic carbocycles. The summed E-state index contributed by atoms with van der Waals surface area (Å²) >= 11 is 0. The molecule has 0 saturated heterocycles. The fraction of sp³-hybridized carbons (Fsp3) is 0.483. The molecule has 4 rings (SSSR count). The fourth-order valence-electron chi connectivity index (χ4n) is 5.86. The Labute approximate surface area is 200 Å². The molecule has 2 nitrogen and oxygen atoms in total. The van der Waals surface area contributed by atoms with Crippen LogP contribution in [0.4, 0.5) is 13.2 Å². The van der Waals surface area contributed by atoms with Crippen LogP contribution in [-0.2, 0) is 0 Å². The minimum Gasteiger partial charge on any atom is -0.420 e. The van der Waals surface area contributed by atoms with E-state index in [1.807, 2.05) is 0 Å². The molecule has 0 amide bonds. The highest BCUT2D eigenvalue weighted by molar-refractivity contribution is 5.91. The van der Waals surface area contributed by atoms with E-state index in [9.17, 15) is 18.0 Å².